The van der Waals surface area contributed by atoms with Gasteiger partial charge in [-0.2, -0.15) is 0 Å². The van der Waals surface area contributed by atoms with Crippen LogP contribution in [0.4, 0.5) is 0 Å². The standard InChI is InChI=1S/C22H20N2O4/c25-17-11-12-19(23-14-17)16-9-6-15(7-10-16)8-13-21(26)24-20-5-3-1-2-4-18(20)22(27)28/h1,3-7,9-12,14,25H,2,8,13H2,(H,24,26)(H,27,28). The Bertz CT molecular complexity index is 955. The molecule has 1 aliphatic carbocycles. The predicted molar refractivity (Wildman–Crippen MR) is 105 cm³/mol. The summed E-state index contributed by atoms with van der Waals surface area (Å²) in [5.74, 6) is -1.18. The number of allylic oxidation sites excluding steroid dienone is 4. The van der Waals surface area contributed by atoms with Crippen LogP contribution < -0.4 is 5.32 Å². The normalized spacial score (nSPS) is 13.3. The van der Waals surface area contributed by atoms with Gasteiger partial charge in [0, 0.05) is 12.0 Å². The third-order valence-electron chi connectivity index (χ3n) is 4.29. The van der Waals surface area contributed by atoms with Crippen molar-refractivity contribution >= 4 is 11.9 Å². The number of carbonyl (C=O) groups is 2. The summed E-state index contributed by atoms with van der Waals surface area (Å²) in [5.41, 5.74) is 3.06. The van der Waals surface area contributed by atoms with Gasteiger partial charge >= 0.3 is 5.97 Å². The number of carboxylic acids is 1. The molecule has 0 unspecified atom stereocenters. The number of aromatic nitrogens is 1. The van der Waals surface area contributed by atoms with Crippen LogP contribution in [0.2, 0.25) is 0 Å². The Morgan fingerprint density at radius 1 is 1.11 bits per heavy atom. The van der Waals surface area contributed by atoms with Crippen LogP contribution in [-0.2, 0) is 16.0 Å². The highest BCUT2D eigenvalue weighted by Crippen LogP contribution is 2.20. The molecule has 0 saturated heterocycles. The molecule has 0 saturated carbocycles. The molecule has 1 amide bonds. The van der Waals surface area contributed by atoms with Crippen LogP contribution in [0.3, 0.4) is 0 Å². The number of nitrogens with zero attached hydrogens (tertiary/aromatic N) is 1. The van der Waals surface area contributed by atoms with Crippen LogP contribution in [0.1, 0.15) is 18.4 Å². The molecule has 6 heteroatoms. The average Bonchev–Trinajstić information content (AvgIpc) is 2.93. The maximum absolute atomic E-state index is 12.3. The minimum atomic E-state index is -1.06. The van der Waals surface area contributed by atoms with Gasteiger partial charge in [-0.25, -0.2) is 4.79 Å². The number of aliphatic carboxylic acids is 1. The molecule has 2 aromatic rings. The average molecular weight is 376 g/mol. The maximum Gasteiger partial charge on any atom is 0.337 e. The molecule has 3 N–H and O–H groups in total. The first-order chi connectivity index (χ1) is 13.5. The number of pyridine rings is 1. The molecule has 0 aliphatic heterocycles. The minimum Gasteiger partial charge on any atom is -0.506 e. The zero-order chi connectivity index (χ0) is 19.9. The van der Waals surface area contributed by atoms with E-state index < -0.39 is 5.97 Å². The summed E-state index contributed by atoms with van der Waals surface area (Å²) in [4.78, 5) is 27.8. The van der Waals surface area contributed by atoms with Crippen LogP contribution in [0, 0.1) is 0 Å². The lowest BCUT2D eigenvalue weighted by Gasteiger charge is -2.10. The molecule has 1 aromatic carbocycles. The fourth-order valence-electron chi connectivity index (χ4n) is 2.81. The third-order valence-corrected chi connectivity index (χ3v) is 4.29. The van der Waals surface area contributed by atoms with E-state index in [0.29, 0.717) is 18.5 Å². The number of rotatable bonds is 6. The third kappa shape index (κ3) is 4.94. The highest BCUT2D eigenvalue weighted by molar-refractivity contribution is 5.94. The fraction of sp³-hybridized carbons (Fsp3) is 0.136. The van der Waals surface area contributed by atoms with Crippen molar-refractivity contribution in [1.29, 1.82) is 0 Å². The van der Waals surface area contributed by atoms with Gasteiger partial charge in [0.05, 0.1) is 23.2 Å². The van der Waals surface area contributed by atoms with Crippen molar-refractivity contribution in [3.8, 4) is 17.0 Å². The lowest BCUT2D eigenvalue weighted by molar-refractivity contribution is -0.132. The lowest BCUT2D eigenvalue weighted by atomic mass is 10.0. The highest BCUT2D eigenvalue weighted by atomic mass is 16.4. The Morgan fingerprint density at radius 2 is 1.89 bits per heavy atom. The summed E-state index contributed by atoms with van der Waals surface area (Å²) in [6, 6.07) is 11.0. The fourth-order valence-corrected chi connectivity index (χ4v) is 2.81. The predicted octanol–water partition coefficient (Wildman–Crippen LogP) is 3.36. The van der Waals surface area contributed by atoms with Gasteiger partial charge in [-0.05, 0) is 36.6 Å². The van der Waals surface area contributed by atoms with Gasteiger partial charge in [0.2, 0.25) is 5.91 Å². The van der Waals surface area contributed by atoms with E-state index in [0.717, 1.165) is 16.8 Å². The largest absolute Gasteiger partial charge is 0.506 e. The van der Waals surface area contributed by atoms with E-state index in [9.17, 15) is 19.8 Å². The first-order valence-corrected chi connectivity index (χ1v) is 8.88. The number of carboxylic acid groups (broad SMARTS) is 1. The second-order valence-corrected chi connectivity index (χ2v) is 6.31. The molecule has 1 heterocycles. The number of nitrogens with one attached hydrogen (secondary N) is 1. The van der Waals surface area contributed by atoms with Gasteiger partial charge in [0.25, 0.3) is 0 Å². The van der Waals surface area contributed by atoms with Gasteiger partial charge in [0.1, 0.15) is 5.75 Å². The Kier molecular flexibility index (Phi) is 6.01. The molecule has 6 nitrogen and oxygen atoms in total. The van der Waals surface area contributed by atoms with Gasteiger partial charge in [-0.1, -0.05) is 42.5 Å². The van der Waals surface area contributed by atoms with Crippen molar-refractivity contribution in [1.82, 2.24) is 10.3 Å². The molecular weight excluding hydrogens is 356 g/mol. The van der Waals surface area contributed by atoms with E-state index in [1.54, 1.807) is 30.4 Å². The van der Waals surface area contributed by atoms with E-state index in [1.165, 1.54) is 6.20 Å². The zero-order valence-electron chi connectivity index (χ0n) is 15.1. The molecule has 1 aliphatic rings. The summed E-state index contributed by atoms with van der Waals surface area (Å²) in [5, 5.41) is 21.3. The van der Waals surface area contributed by atoms with Crippen molar-refractivity contribution < 1.29 is 19.8 Å². The first kappa shape index (κ1) is 19.1. The quantitative estimate of drug-likeness (QED) is 0.718. The van der Waals surface area contributed by atoms with E-state index in [1.807, 2.05) is 30.3 Å². The number of hydrogen-bond acceptors (Lipinski definition) is 4. The number of benzene rings is 1. The smallest absolute Gasteiger partial charge is 0.337 e. The topological polar surface area (TPSA) is 99.5 Å². The van der Waals surface area contributed by atoms with Gasteiger partial charge in [0.15, 0.2) is 0 Å². The molecule has 28 heavy (non-hydrogen) atoms. The monoisotopic (exact) mass is 376 g/mol. The Hall–Kier alpha value is -3.67. The number of amides is 1. The van der Waals surface area contributed by atoms with E-state index in [4.69, 9.17) is 0 Å². The molecule has 0 spiro atoms. The van der Waals surface area contributed by atoms with Crippen LogP contribution in [0.5, 0.6) is 5.75 Å². The first-order valence-electron chi connectivity index (χ1n) is 8.88. The van der Waals surface area contributed by atoms with Crippen LogP contribution >= 0.6 is 0 Å². The summed E-state index contributed by atoms with van der Waals surface area (Å²) < 4.78 is 0. The molecule has 3 rings (SSSR count). The number of hydrogen-bond donors (Lipinski definition) is 3. The van der Waals surface area contributed by atoms with Crippen molar-refractivity contribution in [3.05, 3.63) is 83.7 Å². The summed E-state index contributed by atoms with van der Waals surface area (Å²) in [6.07, 6.45) is 9.42. The summed E-state index contributed by atoms with van der Waals surface area (Å²) in [7, 11) is 0. The van der Waals surface area contributed by atoms with Crippen molar-refractivity contribution in [3.63, 3.8) is 0 Å². The molecule has 0 radical (unpaired) electrons. The molecule has 0 fully saturated rings. The Balaban J connectivity index is 1.58. The summed E-state index contributed by atoms with van der Waals surface area (Å²) >= 11 is 0. The second kappa shape index (κ2) is 8.81. The van der Waals surface area contributed by atoms with Crippen molar-refractivity contribution in [2.45, 2.75) is 19.3 Å². The van der Waals surface area contributed by atoms with Gasteiger partial charge in [-0.15, -0.1) is 0 Å². The van der Waals surface area contributed by atoms with Crippen molar-refractivity contribution in [2.75, 3.05) is 0 Å². The Morgan fingerprint density at radius 3 is 2.57 bits per heavy atom. The lowest BCUT2D eigenvalue weighted by Crippen LogP contribution is -2.26. The molecule has 1 aromatic heterocycles. The van der Waals surface area contributed by atoms with Crippen LogP contribution in [0.25, 0.3) is 11.3 Å². The van der Waals surface area contributed by atoms with Gasteiger partial charge in [-0.3, -0.25) is 9.78 Å². The maximum atomic E-state index is 12.3. The van der Waals surface area contributed by atoms with Gasteiger partial charge < -0.3 is 15.5 Å². The molecular formula is C22H20N2O4. The molecule has 142 valence electrons. The molecule has 0 bridgehead atoms. The van der Waals surface area contributed by atoms with Crippen LogP contribution in [0.15, 0.2) is 78.2 Å². The van der Waals surface area contributed by atoms with Crippen molar-refractivity contribution in [2.24, 2.45) is 0 Å². The zero-order valence-corrected chi connectivity index (χ0v) is 15.1. The summed E-state index contributed by atoms with van der Waals surface area (Å²) in [6.45, 7) is 0. The van der Waals surface area contributed by atoms with Crippen LogP contribution in [-0.4, -0.2) is 27.1 Å². The number of aromatic hydroxyl groups is 1. The van der Waals surface area contributed by atoms with E-state index in [2.05, 4.69) is 10.3 Å². The minimum absolute atomic E-state index is 0.101. The number of aryl methyl sites for hydroxylation is 1. The Labute approximate surface area is 162 Å². The number of carbonyl (C=O) groups excluding carboxylic acids is 1. The highest BCUT2D eigenvalue weighted by Gasteiger charge is 2.16. The SMILES string of the molecule is O=C(CCc1ccc(-c2ccc(O)cn2)cc1)NC1=CC=CCC=C1C(=O)O. The molecule has 0 atom stereocenters. The van der Waals surface area contributed by atoms with E-state index in [-0.39, 0.29) is 23.7 Å². The van der Waals surface area contributed by atoms with E-state index >= 15 is 0 Å². The second-order valence-electron chi connectivity index (χ2n) is 6.31.